The van der Waals surface area contributed by atoms with E-state index in [4.69, 9.17) is 57.7 Å². The van der Waals surface area contributed by atoms with Crippen LogP contribution in [0.4, 0.5) is 19.2 Å². The summed E-state index contributed by atoms with van der Waals surface area (Å²) in [5.74, 6) is 0.141. The average Bonchev–Trinajstić information content (AvgIpc) is 3.53. The lowest BCUT2D eigenvalue weighted by molar-refractivity contribution is 0.0226. The van der Waals surface area contributed by atoms with E-state index in [0.29, 0.717) is 45.8 Å². The van der Waals surface area contributed by atoms with Crippen molar-refractivity contribution in [3.63, 3.8) is 0 Å². The van der Waals surface area contributed by atoms with Crippen molar-refractivity contribution in [2.45, 2.75) is 143 Å². The van der Waals surface area contributed by atoms with Crippen molar-refractivity contribution in [3.8, 4) is 0 Å². The SMILES string of the molecule is CC(C)(C)OC(=O)N1CC2OC2C1.CC(C)(C)OC(=O)N1CC=CC1.CC(C)(C)OC(=O)N1C[C@H](N)[C@@H](O)C1.CO.C[C@H]1CN(C(=O)OC(C)(C)C)C[C@@H]1O.ClCCl. The first kappa shape index (κ1) is 55.2. The number of alkyl halides is 2. The lowest BCUT2D eigenvalue weighted by Crippen LogP contribution is -2.37. The molecule has 0 aliphatic carbocycles. The maximum atomic E-state index is 11.5. The number of rotatable bonds is 0. The van der Waals surface area contributed by atoms with Gasteiger partial charge in [0.05, 0.1) is 49.8 Å². The van der Waals surface area contributed by atoms with Gasteiger partial charge in [-0.1, -0.05) is 19.1 Å². The van der Waals surface area contributed by atoms with Crippen molar-refractivity contribution >= 4 is 47.6 Å². The van der Waals surface area contributed by atoms with E-state index < -0.39 is 35.1 Å². The number of aliphatic hydroxyl groups excluding tert-OH is 3. The van der Waals surface area contributed by atoms with Gasteiger partial charge in [-0.05, 0) is 83.1 Å². The number of hydrogen-bond donors (Lipinski definition) is 4. The minimum absolute atomic E-state index is 0.141. The van der Waals surface area contributed by atoms with Crippen LogP contribution in [0.1, 0.15) is 90.0 Å². The molecule has 19 heteroatoms. The fraction of sp³-hybridized carbons (Fsp3) is 0.846. The van der Waals surface area contributed by atoms with Crippen LogP contribution in [0.15, 0.2) is 12.2 Å². The Bertz CT molecular complexity index is 1210. The highest BCUT2D eigenvalue weighted by atomic mass is 35.5. The molecule has 5 rings (SSSR count). The Morgan fingerprint density at radius 2 is 0.879 bits per heavy atom. The molecule has 4 amide bonds. The number of hydrogen-bond acceptors (Lipinski definition) is 13. The summed E-state index contributed by atoms with van der Waals surface area (Å²) in [6.07, 6.45) is 2.25. The third kappa shape index (κ3) is 23.7. The molecular weight excluding hydrogens is 801 g/mol. The number of carbonyl (C=O) groups excluding carboxylic acids is 4. The Labute approximate surface area is 355 Å². The smallest absolute Gasteiger partial charge is 0.410 e. The third-order valence-electron chi connectivity index (χ3n) is 7.82. The molecule has 5 aliphatic heterocycles. The fourth-order valence-corrected chi connectivity index (χ4v) is 5.15. The van der Waals surface area contributed by atoms with Gasteiger partial charge in [0.1, 0.15) is 34.6 Å². The van der Waals surface area contributed by atoms with Gasteiger partial charge in [-0.25, -0.2) is 19.2 Å². The molecule has 5 N–H and O–H groups in total. The van der Waals surface area contributed by atoms with Gasteiger partial charge in [0, 0.05) is 39.2 Å². The predicted octanol–water partition coefficient (Wildman–Crippen LogP) is 4.99. The molecule has 2 unspecified atom stereocenters. The lowest BCUT2D eigenvalue weighted by atomic mass is 10.1. The zero-order chi connectivity index (χ0) is 45.4. The van der Waals surface area contributed by atoms with Crippen LogP contribution < -0.4 is 5.73 Å². The normalized spacial score (nSPS) is 24.4. The molecule has 0 radical (unpaired) electrons. The Morgan fingerprint density at radius 3 is 1.16 bits per heavy atom. The van der Waals surface area contributed by atoms with E-state index in [1.54, 1.807) is 35.5 Å². The molecule has 0 aromatic heterocycles. The van der Waals surface area contributed by atoms with Crippen molar-refractivity contribution < 1.29 is 58.2 Å². The Balaban J connectivity index is 0.000000720. The number of nitrogens with two attached hydrogens (primary N) is 1. The summed E-state index contributed by atoms with van der Waals surface area (Å²) in [6.45, 7) is 28.4. The van der Waals surface area contributed by atoms with Gasteiger partial charge in [-0.3, -0.25) is 0 Å². The molecule has 0 spiro atoms. The second-order valence-corrected chi connectivity index (χ2v) is 18.9. The zero-order valence-corrected chi connectivity index (χ0v) is 38.6. The minimum atomic E-state index is -0.637. The first-order valence-corrected chi connectivity index (χ1v) is 20.4. The van der Waals surface area contributed by atoms with Crippen LogP contribution in [0, 0.1) is 5.92 Å². The molecule has 0 aromatic carbocycles. The molecule has 0 saturated carbocycles. The number of likely N-dealkylation sites (tertiary alicyclic amines) is 3. The number of aliphatic hydroxyl groups is 3. The standard InChI is InChI=1S/C10H19NO3.C9H18N2O3.C9H15NO3.C9H15NO2.CH2Cl2.CH4O/c1-7-5-11(6-8(7)12)9(13)14-10(2,3)4;1-9(2,3)14-8(13)11-4-6(10)7(12)5-11;1-9(2,3)13-8(11)10-4-6-7(5-10)12-6;1-9(2,3)12-8(11)10-6-4-5-7-10;2-1-3;1-2/h7-8,12H,5-6H2,1-4H3;6-7,12H,4-5,10H2,1-3H3;6-7H,4-5H2,1-3H3;4-5H,6-7H2,1-3H3;1H2;2H,1H3/t7-,8-;6-,7-;;;;/m00..../s1. The van der Waals surface area contributed by atoms with Crippen molar-refractivity contribution in [1.82, 2.24) is 19.6 Å². The van der Waals surface area contributed by atoms with Gasteiger partial charge in [0.15, 0.2) is 0 Å². The third-order valence-corrected chi connectivity index (χ3v) is 7.82. The second kappa shape index (κ2) is 24.5. The average molecular weight is 875 g/mol. The monoisotopic (exact) mass is 873 g/mol. The summed E-state index contributed by atoms with van der Waals surface area (Å²) in [4.78, 5) is 52.2. The van der Waals surface area contributed by atoms with Crippen LogP contribution in [0.5, 0.6) is 0 Å². The zero-order valence-electron chi connectivity index (χ0n) is 37.1. The topological polar surface area (TPSA) is 217 Å². The maximum absolute atomic E-state index is 11.5. The summed E-state index contributed by atoms with van der Waals surface area (Å²) in [7, 11) is 1.00. The van der Waals surface area contributed by atoms with E-state index in [1.807, 2.05) is 81.4 Å². The molecule has 0 aromatic rings. The minimum Gasteiger partial charge on any atom is -0.444 e. The molecule has 17 nitrogen and oxygen atoms in total. The molecule has 5 heterocycles. The number of nitrogens with zero attached hydrogens (tertiary/aromatic N) is 4. The highest BCUT2D eigenvalue weighted by Gasteiger charge is 2.49. The molecule has 58 heavy (non-hydrogen) atoms. The summed E-state index contributed by atoms with van der Waals surface area (Å²) >= 11 is 9.53. The molecule has 5 aliphatic rings. The predicted molar refractivity (Wildman–Crippen MR) is 223 cm³/mol. The van der Waals surface area contributed by atoms with E-state index in [9.17, 15) is 29.4 Å². The van der Waals surface area contributed by atoms with Gasteiger partial charge >= 0.3 is 24.4 Å². The van der Waals surface area contributed by atoms with Crippen LogP contribution in [0.3, 0.4) is 0 Å². The van der Waals surface area contributed by atoms with E-state index in [2.05, 4.69) is 0 Å². The van der Waals surface area contributed by atoms with Crippen LogP contribution in [0.25, 0.3) is 0 Å². The molecule has 340 valence electrons. The van der Waals surface area contributed by atoms with Gasteiger partial charge in [0.25, 0.3) is 0 Å². The van der Waals surface area contributed by atoms with E-state index in [1.165, 1.54) is 4.90 Å². The number of fused-ring (bicyclic) bond motifs is 1. The van der Waals surface area contributed by atoms with Crippen LogP contribution in [-0.4, -0.2) is 177 Å². The van der Waals surface area contributed by atoms with Crippen molar-refractivity contribution in [2.24, 2.45) is 11.7 Å². The van der Waals surface area contributed by atoms with Crippen molar-refractivity contribution in [3.05, 3.63) is 12.2 Å². The Morgan fingerprint density at radius 1 is 0.586 bits per heavy atom. The van der Waals surface area contributed by atoms with Gasteiger partial charge in [0.2, 0.25) is 0 Å². The molecular formula is C39H73Cl2N5O12. The van der Waals surface area contributed by atoms with Crippen LogP contribution >= 0.6 is 23.2 Å². The molecule has 4 saturated heterocycles. The Kier molecular flexibility index (Phi) is 23.3. The largest absolute Gasteiger partial charge is 0.444 e. The van der Waals surface area contributed by atoms with Crippen molar-refractivity contribution in [2.75, 3.05) is 64.8 Å². The number of morpholine rings is 1. The first-order valence-electron chi connectivity index (χ1n) is 19.4. The van der Waals surface area contributed by atoms with E-state index >= 15 is 0 Å². The number of β-amino-alcohol motifs (C(OH)–C–C–N with tert-alkyl or cyclic N) is 2. The molecule has 0 bridgehead atoms. The van der Waals surface area contributed by atoms with Gasteiger partial charge < -0.3 is 64.3 Å². The van der Waals surface area contributed by atoms with Gasteiger partial charge in [-0.15, -0.1) is 23.2 Å². The van der Waals surface area contributed by atoms with Crippen LogP contribution in [-0.2, 0) is 23.7 Å². The number of halogens is 2. The highest BCUT2D eigenvalue weighted by molar-refractivity contribution is 6.40. The first-order chi connectivity index (χ1) is 26.4. The quantitative estimate of drug-likeness (QED) is 0.109. The maximum Gasteiger partial charge on any atom is 0.410 e. The highest BCUT2D eigenvalue weighted by Crippen LogP contribution is 2.31. The second-order valence-electron chi connectivity index (χ2n) is 18.1. The van der Waals surface area contributed by atoms with Gasteiger partial charge in [-0.2, -0.15) is 0 Å². The summed E-state index contributed by atoms with van der Waals surface area (Å²) in [5.41, 5.74) is 3.81. The number of amides is 4. The fourth-order valence-electron chi connectivity index (χ4n) is 5.15. The molecule has 4 fully saturated rings. The van der Waals surface area contributed by atoms with Crippen LogP contribution in [0.2, 0.25) is 0 Å². The van der Waals surface area contributed by atoms with E-state index in [0.717, 1.165) is 7.11 Å². The van der Waals surface area contributed by atoms with Crippen molar-refractivity contribution in [1.29, 1.82) is 0 Å². The summed E-state index contributed by atoms with van der Waals surface area (Å²) in [5, 5.41) is 26.0. The number of epoxide rings is 1. The summed E-state index contributed by atoms with van der Waals surface area (Å²) < 4.78 is 25.9. The molecule has 6 atom stereocenters. The number of ether oxygens (including phenoxy) is 5. The number of carbonyl (C=O) groups is 4. The lowest BCUT2D eigenvalue weighted by Gasteiger charge is -2.24. The Hall–Kier alpha value is -2.80. The summed E-state index contributed by atoms with van der Waals surface area (Å²) in [6, 6.07) is -0.359. The van der Waals surface area contributed by atoms with E-state index in [-0.39, 0.29) is 59.9 Å².